The van der Waals surface area contributed by atoms with Gasteiger partial charge in [-0.25, -0.2) is 0 Å². The molecule has 0 aliphatic carbocycles. The predicted octanol–water partition coefficient (Wildman–Crippen LogP) is 3.13. The van der Waals surface area contributed by atoms with Crippen molar-refractivity contribution in [3.63, 3.8) is 0 Å². The second-order valence-electron chi connectivity index (χ2n) is 6.53. The maximum Gasteiger partial charge on any atom is 0.268 e. The summed E-state index contributed by atoms with van der Waals surface area (Å²) in [6.07, 6.45) is 1.61. The van der Waals surface area contributed by atoms with E-state index in [1.165, 1.54) is 0 Å². The lowest BCUT2D eigenvalue weighted by Gasteiger charge is -2.20. The highest BCUT2D eigenvalue weighted by atomic mass is 35.5. The zero-order valence-corrected chi connectivity index (χ0v) is 17.2. The summed E-state index contributed by atoms with van der Waals surface area (Å²) in [5, 5.41) is 11.1. The summed E-state index contributed by atoms with van der Waals surface area (Å²) in [7, 11) is 0. The third-order valence-corrected chi connectivity index (χ3v) is 4.89. The number of benzene rings is 1. The van der Waals surface area contributed by atoms with Crippen LogP contribution < -0.4 is 20.6 Å². The summed E-state index contributed by atoms with van der Waals surface area (Å²) in [6.45, 7) is 9.67. The van der Waals surface area contributed by atoms with Crippen molar-refractivity contribution in [2.45, 2.75) is 26.7 Å². The summed E-state index contributed by atoms with van der Waals surface area (Å²) in [5.74, 6) is 0.150. The number of hydrogen-bond donors (Lipinski definition) is 4. The van der Waals surface area contributed by atoms with Crippen molar-refractivity contribution in [2.24, 2.45) is 0 Å². The fourth-order valence-corrected chi connectivity index (χ4v) is 3.66. The van der Waals surface area contributed by atoms with Gasteiger partial charge in [0.05, 0.1) is 22.8 Å². The van der Waals surface area contributed by atoms with Crippen molar-refractivity contribution in [1.82, 2.24) is 20.4 Å². The van der Waals surface area contributed by atoms with Gasteiger partial charge in [-0.3, -0.25) is 19.8 Å². The second-order valence-corrected chi connectivity index (χ2v) is 6.94. The first-order chi connectivity index (χ1) is 13.9. The van der Waals surface area contributed by atoms with Crippen molar-refractivity contribution in [3.8, 4) is 11.5 Å². The topological polar surface area (TPSA) is 116 Å². The molecular weight excluding hydrogens is 396 g/mol. The summed E-state index contributed by atoms with van der Waals surface area (Å²) < 4.78 is 11.4. The minimum absolute atomic E-state index is 0.260. The van der Waals surface area contributed by atoms with Gasteiger partial charge in [-0.05, 0) is 38.5 Å². The summed E-state index contributed by atoms with van der Waals surface area (Å²) in [4.78, 5) is 25.1. The molecular formula is C20H23ClN4O4. The van der Waals surface area contributed by atoms with E-state index in [0.29, 0.717) is 51.2 Å². The summed E-state index contributed by atoms with van der Waals surface area (Å²) in [6, 6.07) is 3.43. The van der Waals surface area contributed by atoms with E-state index in [1.807, 2.05) is 6.92 Å². The smallest absolute Gasteiger partial charge is 0.268 e. The van der Waals surface area contributed by atoms with Crippen LogP contribution in [0.1, 0.15) is 40.9 Å². The van der Waals surface area contributed by atoms with Crippen LogP contribution in [0.25, 0.3) is 0 Å². The van der Waals surface area contributed by atoms with Gasteiger partial charge in [0.1, 0.15) is 6.61 Å². The molecule has 0 radical (unpaired) electrons. The molecule has 2 heterocycles. The lowest BCUT2D eigenvalue weighted by Crippen LogP contribution is -2.20. The number of hydrogen-bond acceptors (Lipinski definition) is 4. The van der Waals surface area contributed by atoms with Gasteiger partial charge in [0, 0.05) is 17.3 Å². The standard InChI is InChI=1S/C20H23ClN4O4/c1-5-7-29-18-13(21)8-12(9-14(18)28-6-2)17(15-10(3)22-24-19(15)26)16-11(4)23-25-20(16)27/h5,8-9,17H,1,6-7H2,2-4H3,(H2,22,24,26)(H2,23,25,27). The molecule has 8 nitrogen and oxygen atoms in total. The van der Waals surface area contributed by atoms with Gasteiger partial charge in [-0.15, -0.1) is 0 Å². The quantitative estimate of drug-likeness (QED) is 0.420. The minimum Gasteiger partial charge on any atom is -0.490 e. The van der Waals surface area contributed by atoms with Crippen LogP contribution in [0.2, 0.25) is 5.02 Å². The summed E-state index contributed by atoms with van der Waals surface area (Å²) in [5.41, 5.74) is 2.11. The molecule has 0 aliphatic heterocycles. The zero-order valence-electron chi connectivity index (χ0n) is 16.4. The van der Waals surface area contributed by atoms with Crippen LogP contribution in [-0.4, -0.2) is 33.6 Å². The van der Waals surface area contributed by atoms with E-state index in [4.69, 9.17) is 21.1 Å². The van der Waals surface area contributed by atoms with E-state index in [0.717, 1.165) is 0 Å². The molecule has 3 aromatic rings. The van der Waals surface area contributed by atoms with E-state index >= 15 is 0 Å². The lowest BCUT2D eigenvalue weighted by molar-refractivity contribution is 0.296. The molecule has 2 aromatic heterocycles. The van der Waals surface area contributed by atoms with Gasteiger partial charge >= 0.3 is 0 Å². The largest absolute Gasteiger partial charge is 0.490 e. The van der Waals surface area contributed by atoms with Crippen LogP contribution in [-0.2, 0) is 0 Å². The molecule has 0 aliphatic rings. The molecule has 154 valence electrons. The maximum absolute atomic E-state index is 12.6. The molecule has 3 rings (SSSR count). The highest BCUT2D eigenvalue weighted by molar-refractivity contribution is 6.32. The monoisotopic (exact) mass is 418 g/mol. The first-order valence-corrected chi connectivity index (χ1v) is 9.51. The molecule has 0 unspecified atom stereocenters. The Bertz CT molecular complexity index is 1080. The molecule has 0 saturated heterocycles. The van der Waals surface area contributed by atoms with Crippen LogP contribution in [0, 0.1) is 13.8 Å². The van der Waals surface area contributed by atoms with E-state index in [2.05, 4.69) is 27.0 Å². The summed E-state index contributed by atoms with van der Waals surface area (Å²) >= 11 is 6.51. The second kappa shape index (κ2) is 8.48. The average Bonchev–Trinajstić information content (AvgIpc) is 3.18. The van der Waals surface area contributed by atoms with Crippen molar-refractivity contribution < 1.29 is 9.47 Å². The Balaban J connectivity index is 2.28. The Labute approximate surface area is 171 Å². The number of aryl methyl sites for hydroxylation is 2. The van der Waals surface area contributed by atoms with E-state index in [1.54, 1.807) is 32.1 Å². The SMILES string of the molecule is C=CCOc1c(Cl)cc(C(c2c(C)[nH][nH]c2=O)c2c(C)[nH][nH]c2=O)cc1OCC. The van der Waals surface area contributed by atoms with Crippen molar-refractivity contribution in [2.75, 3.05) is 13.2 Å². The number of aromatic amines is 4. The minimum atomic E-state index is -0.662. The van der Waals surface area contributed by atoms with Crippen molar-refractivity contribution >= 4 is 11.6 Å². The maximum atomic E-state index is 12.6. The number of halogens is 1. The van der Waals surface area contributed by atoms with E-state index in [9.17, 15) is 9.59 Å². The molecule has 1 aromatic carbocycles. The number of ether oxygens (including phenoxy) is 2. The van der Waals surface area contributed by atoms with E-state index < -0.39 is 5.92 Å². The van der Waals surface area contributed by atoms with Crippen LogP contribution in [0.15, 0.2) is 34.4 Å². The highest BCUT2D eigenvalue weighted by Crippen LogP contribution is 2.41. The van der Waals surface area contributed by atoms with Gasteiger partial charge in [0.15, 0.2) is 11.5 Å². The molecule has 0 fully saturated rings. The van der Waals surface area contributed by atoms with Crippen LogP contribution in [0.5, 0.6) is 11.5 Å². The Hall–Kier alpha value is -3.13. The van der Waals surface area contributed by atoms with Gasteiger partial charge in [-0.1, -0.05) is 24.3 Å². The van der Waals surface area contributed by atoms with Gasteiger partial charge < -0.3 is 19.7 Å². The van der Waals surface area contributed by atoms with Gasteiger partial charge in [-0.2, -0.15) is 0 Å². The number of rotatable bonds is 8. The Kier molecular flexibility index (Phi) is 6.03. The fraction of sp³-hybridized carbons (Fsp3) is 0.300. The van der Waals surface area contributed by atoms with Crippen molar-refractivity contribution in [1.29, 1.82) is 0 Å². The van der Waals surface area contributed by atoms with Gasteiger partial charge in [0.2, 0.25) is 0 Å². The van der Waals surface area contributed by atoms with E-state index in [-0.39, 0.29) is 17.7 Å². The van der Waals surface area contributed by atoms with Gasteiger partial charge in [0.25, 0.3) is 11.1 Å². The molecule has 0 atom stereocenters. The first kappa shape index (κ1) is 20.6. The number of aromatic nitrogens is 4. The molecule has 0 bridgehead atoms. The third kappa shape index (κ3) is 3.88. The number of nitrogens with one attached hydrogen (secondary N) is 4. The van der Waals surface area contributed by atoms with Crippen LogP contribution in [0.3, 0.4) is 0 Å². The first-order valence-electron chi connectivity index (χ1n) is 9.13. The lowest BCUT2D eigenvalue weighted by atomic mass is 9.85. The molecule has 0 amide bonds. The normalized spacial score (nSPS) is 11.1. The number of H-pyrrole nitrogens is 4. The Morgan fingerprint density at radius 1 is 1.03 bits per heavy atom. The Morgan fingerprint density at radius 2 is 1.62 bits per heavy atom. The van der Waals surface area contributed by atoms with Crippen LogP contribution >= 0.6 is 11.6 Å². The molecule has 9 heteroatoms. The Morgan fingerprint density at radius 3 is 2.07 bits per heavy atom. The van der Waals surface area contributed by atoms with Crippen LogP contribution in [0.4, 0.5) is 0 Å². The van der Waals surface area contributed by atoms with Crippen molar-refractivity contribution in [3.05, 3.63) is 78.6 Å². The highest BCUT2D eigenvalue weighted by Gasteiger charge is 2.29. The average molecular weight is 419 g/mol. The molecule has 29 heavy (non-hydrogen) atoms. The zero-order chi connectivity index (χ0) is 21.1. The third-order valence-electron chi connectivity index (χ3n) is 4.61. The molecule has 4 N–H and O–H groups in total. The molecule has 0 saturated carbocycles. The molecule has 0 spiro atoms. The fourth-order valence-electron chi connectivity index (χ4n) is 3.38. The predicted molar refractivity (Wildman–Crippen MR) is 112 cm³/mol.